The summed E-state index contributed by atoms with van der Waals surface area (Å²) in [6.45, 7) is 4.42. The maximum absolute atomic E-state index is 12.4. The number of unbranched alkanes of at least 4 members (excludes halogenated alkanes) is 1. The normalized spacial score (nSPS) is 13.6. The van der Waals surface area contributed by atoms with Gasteiger partial charge in [0.15, 0.2) is 0 Å². The molecule has 1 heterocycles. The van der Waals surface area contributed by atoms with E-state index < -0.39 is 10.0 Å². The van der Waals surface area contributed by atoms with E-state index in [9.17, 15) is 18.0 Å². The van der Waals surface area contributed by atoms with Crippen LogP contribution >= 0.6 is 0 Å². The molecule has 0 saturated heterocycles. The van der Waals surface area contributed by atoms with Gasteiger partial charge in [-0.3, -0.25) is 9.59 Å². The van der Waals surface area contributed by atoms with E-state index in [1.807, 2.05) is 6.92 Å². The topological polar surface area (TPSA) is 86.8 Å². The van der Waals surface area contributed by atoms with Crippen LogP contribution in [0.2, 0.25) is 0 Å². The average molecular weight is 367 g/mol. The Labute approximate surface area is 149 Å². The molecule has 0 bridgehead atoms. The summed E-state index contributed by atoms with van der Waals surface area (Å²) >= 11 is 0. The first kappa shape index (κ1) is 19.4. The van der Waals surface area contributed by atoms with Gasteiger partial charge in [0.1, 0.15) is 0 Å². The van der Waals surface area contributed by atoms with E-state index in [1.165, 1.54) is 17.9 Å². The molecule has 0 aliphatic carbocycles. The molecule has 138 valence electrons. The van der Waals surface area contributed by atoms with Crippen molar-refractivity contribution >= 4 is 27.5 Å². The number of amides is 2. The van der Waals surface area contributed by atoms with Crippen molar-refractivity contribution in [1.82, 2.24) is 9.62 Å². The molecule has 2 rings (SSSR count). The Morgan fingerprint density at radius 2 is 2.04 bits per heavy atom. The van der Waals surface area contributed by atoms with Gasteiger partial charge in [-0.05, 0) is 36.6 Å². The van der Waals surface area contributed by atoms with E-state index in [2.05, 4.69) is 4.72 Å². The second kappa shape index (κ2) is 7.97. The highest BCUT2D eigenvalue weighted by Crippen LogP contribution is 2.30. The molecule has 1 aromatic carbocycles. The Hall–Kier alpha value is -1.93. The summed E-state index contributed by atoms with van der Waals surface area (Å²) in [5.74, 6) is -0.325. The zero-order valence-corrected chi connectivity index (χ0v) is 15.7. The number of nitrogens with zero attached hydrogens (tertiary/aromatic N) is 2. The van der Waals surface area contributed by atoms with Crippen LogP contribution in [0.15, 0.2) is 23.1 Å². The van der Waals surface area contributed by atoms with Crippen molar-refractivity contribution in [3.63, 3.8) is 0 Å². The largest absolute Gasteiger partial charge is 0.345 e. The highest BCUT2D eigenvalue weighted by atomic mass is 32.2. The molecule has 0 atom stereocenters. The Morgan fingerprint density at radius 1 is 1.32 bits per heavy atom. The van der Waals surface area contributed by atoms with Crippen LogP contribution in [0, 0.1) is 0 Å². The van der Waals surface area contributed by atoms with Gasteiger partial charge in [0, 0.05) is 32.7 Å². The number of sulfonamides is 1. The number of rotatable bonds is 7. The van der Waals surface area contributed by atoms with E-state index >= 15 is 0 Å². The highest BCUT2D eigenvalue weighted by molar-refractivity contribution is 7.89. The quantitative estimate of drug-likeness (QED) is 0.783. The zero-order valence-electron chi connectivity index (χ0n) is 14.9. The number of carbonyl (C=O) groups excluding carboxylic acids is 2. The van der Waals surface area contributed by atoms with Gasteiger partial charge in [-0.1, -0.05) is 13.3 Å². The SMILES string of the molecule is CCCCN(C)C(=O)CNS(=O)(=O)c1ccc2c(c1)CCN2C(C)=O. The first-order chi connectivity index (χ1) is 11.8. The second-order valence-electron chi connectivity index (χ2n) is 6.20. The third-order valence-electron chi connectivity index (χ3n) is 4.32. The Kier molecular flexibility index (Phi) is 6.18. The molecule has 1 aliphatic heterocycles. The first-order valence-corrected chi connectivity index (χ1v) is 9.89. The third kappa shape index (κ3) is 4.58. The number of anilines is 1. The van der Waals surface area contributed by atoms with Gasteiger partial charge >= 0.3 is 0 Å². The molecule has 0 spiro atoms. The second-order valence-corrected chi connectivity index (χ2v) is 7.97. The van der Waals surface area contributed by atoms with E-state index in [1.54, 1.807) is 24.1 Å². The minimum atomic E-state index is -3.77. The fourth-order valence-corrected chi connectivity index (χ4v) is 3.79. The summed E-state index contributed by atoms with van der Waals surface area (Å²) in [7, 11) is -2.10. The number of fused-ring (bicyclic) bond motifs is 1. The predicted octanol–water partition coefficient (Wildman–Crippen LogP) is 1.13. The average Bonchev–Trinajstić information content (AvgIpc) is 3.00. The van der Waals surface area contributed by atoms with Crippen LogP contribution in [0.25, 0.3) is 0 Å². The summed E-state index contributed by atoms with van der Waals surface area (Å²) < 4.78 is 27.2. The summed E-state index contributed by atoms with van der Waals surface area (Å²) in [4.78, 5) is 26.8. The summed E-state index contributed by atoms with van der Waals surface area (Å²) in [5.41, 5.74) is 1.58. The van der Waals surface area contributed by atoms with Crippen molar-refractivity contribution in [2.45, 2.75) is 38.0 Å². The van der Waals surface area contributed by atoms with Gasteiger partial charge < -0.3 is 9.80 Å². The molecular weight excluding hydrogens is 342 g/mol. The maximum Gasteiger partial charge on any atom is 0.241 e. The number of carbonyl (C=O) groups is 2. The molecule has 2 amide bonds. The van der Waals surface area contributed by atoms with Crippen LogP contribution in [-0.4, -0.2) is 51.8 Å². The Bertz CT molecular complexity index is 761. The zero-order chi connectivity index (χ0) is 18.6. The fraction of sp³-hybridized carbons (Fsp3) is 0.529. The predicted molar refractivity (Wildman–Crippen MR) is 95.9 cm³/mol. The minimum absolute atomic E-state index is 0.0619. The number of nitrogens with one attached hydrogen (secondary N) is 1. The minimum Gasteiger partial charge on any atom is -0.345 e. The first-order valence-electron chi connectivity index (χ1n) is 8.41. The molecule has 0 radical (unpaired) electrons. The maximum atomic E-state index is 12.4. The third-order valence-corrected chi connectivity index (χ3v) is 5.72. The van der Waals surface area contributed by atoms with Crippen LogP contribution in [-0.2, 0) is 26.0 Å². The lowest BCUT2D eigenvalue weighted by Crippen LogP contribution is -2.38. The molecule has 0 aromatic heterocycles. The van der Waals surface area contributed by atoms with Gasteiger partial charge in [0.05, 0.1) is 11.4 Å². The van der Waals surface area contributed by atoms with Gasteiger partial charge in [-0.25, -0.2) is 13.1 Å². The number of likely N-dealkylation sites (N-methyl/N-ethyl adjacent to an activating group) is 1. The van der Waals surface area contributed by atoms with E-state index in [0.29, 0.717) is 19.5 Å². The molecule has 8 heteroatoms. The molecule has 1 aromatic rings. The van der Waals surface area contributed by atoms with Crippen molar-refractivity contribution in [1.29, 1.82) is 0 Å². The molecule has 25 heavy (non-hydrogen) atoms. The van der Waals surface area contributed by atoms with Crippen molar-refractivity contribution < 1.29 is 18.0 Å². The molecule has 0 saturated carbocycles. The number of hydrogen-bond acceptors (Lipinski definition) is 4. The fourth-order valence-electron chi connectivity index (χ4n) is 2.77. The van der Waals surface area contributed by atoms with Gasteiger partial charge in [-0.2, -0.15) is 0 Å². The Morgan fingerprint density at radius 3 is 2.68 bits per heavy atom. The van der Waals surface area contributed by atoms with E-state index in [4.69, 9.17) is 0 Å². The smallest absolute Gasteiger partial charge is 0.241 e. The summed E-state index contributed by atoms with van der Waals surface area (Å²) in [5, 5.41) is 0. The van der Waals surface area contributed by atoms with Crippen LogP contribution in [0.3, 0.4) is 0 Å². The highest BCUT2D eigenvalue weighted by Gasteiger charge is 2.25. The molecular formula is C17H25N3O4S. The lowest BCUT2D eigenvalue weighted by atomic mass is 10.2. The van der Waals surface area contributed by atoms with Crippen molar-refractivity contribution in [2.24, 2.45) is 0 Å². The molecule has 7 nitrogen and oxygen atoms in total. The summed E-state index contributed by atoms with van der Waals surface area (Å²) in [6, 6.07) is 4.69. The lowest BCUT2D eigenvalue weighted by molar-refractivity contribution is -0.128. The van der Waals surface area contributed by atoms with Crippen LogP contribution < -0.4 is 9.62 Å². The molecule has 1 N–H and O–H groups in total. The Balaban J connectivity index is 2.06. The van der Waals surface area contributed by atoms with Gasteiger partial charge in [0.2, 0.25) is 21.8 Å². The molecule has 0 unspecified atom stereocenters. The number of benzene rings is 1. The summed E-state index contributed by atoms with van der Waals surface area (Å²) in [6.07, 6.45) is 2.47. The lowest BCUT2D eigenvalue weighted by Gasteiger charge is -2.17. The van der Waals surface area contributed by atoms with Crippen molar-refractivity contribution in [3.8, 4) is 0 Å². The van der Waals surface area contributed by atoms with E-state index in [-0.39, 0.29) is 23.3 Å². The van der Waals surface area contributed by atoms with Crippen LogP contribution in [0.1, 0.15) is 32.3 Å². The molecule has 1 aliphatic rings. The van der Waals surface area contributed by atoms with E-state index in [0.717, 1.165) is 24.1 Å². The molecule has 0 fully saturated rings. The number of hydrogen-bond donors (Lipinski definition) is 1. The van der Waals surface area contributed by atoms with Gasteiger partial charge in [-0.15, -0.1) is 0 Å². The van der Waals surface area contributed by atoms with Gasteiger partial charge in [0.25, 0.3) is 0 Å². The van der Waals surface area contributed by atoms with Crippen LogP contribution in [0.4, 0.5) is 5.69 Å². The van der Waals surface area contributed by atoms with Crippen molar-refractivity contribution in [3.05, 3.63) is 23.8 Å². The van der Waals surface area contributed by atoms with Crippen LogP contribution in [0.5, 0.6) is 0 Å². The van der Waals surface area contributed by atoms with Crippen molar-refractivity contribution in [2.75, 3.05) is 31.6 Å². The standard InChI is InChI=1S/C17H25N3O4S/c1-4-5-9-19(3)17(22)12-18-25(23,24)15-6-7-16-14(11-15)8-10-20(16)13(2)21/h6-7,11,18H,4-5,8-10,12H2,1-3H3. The monoisotopic (exact) mass is 367 g/mol.